The zero-order valence-electron chi connectivity index (χ0n) is 16.0. The predicted molar refractivity (Wildman–Crippen MR) is 107 cm³/mol. The van der Waals surface area contributed by atoms with E-state index in [-0.39, 0.29) is 12.2 Å². The SMILES string of the molecule is O=C(Cc1cnn(CC2CCCOC2)c1)c1n[nH]c2cc(-c3cn[nH]c3)ccc12. The number of aromatic amines is 2. The molecule has 0 radical (unpaired) electrons. The minimum Gasteiger partial charge on any atom is -0.381 e. The number of fused-ring (bicyclic) bond motifs is 1. The maximum atomic E-state index is 12.8. The Hall–Kier alpha value is -3.26. The van der Waals surface area contributed by atoms with Crippen LogP contribution < -0.4 is 0 Å². The summed E-state index contributed by atoms with van der Waals surface area (Å²) in [7, 11) is 0. The molecule has 1 aromatic carbocycles. The summed E-state index contributed by atoms with van der Waals surface area (Å²) >= 11 is 0. The van der Waals surface area contributed by atoms with Crippen LogP contribution in [0.15, 0.2) is 43.0 Å². The van der Waals surface area contributed by atoms with E-state index in [4.69, 9.17) is 4.74 Å². The monoisotopic (exact) mass is 390 g/mol. The largest absolute Gasteiger partial charge is 0.381 e. The molecule has 8 heteroatoms. The lowest BCUT2D eigenvalue weighted by Gasteiger charge is -2.21. The summed E-state index contributed by atoms with van der Waals surface area (Å²) in [5.74, 6) is 0.472. The van der Waals surface area contributed by atoms with Crippen molar-refractivity contribution in [3.8, 4) is 11.1 Å². The summed E-state index contributed by atoms with van der Waals surface area (Å²) in [5.41, 5.74) is 4.21. The third-order valence-electron chi connectivity index (χ3n) is 5.41. The molecule has 8 nitrogen and oxygen atoms in total. The van der Waals surface area contributed by atoms with Crippen molar-refractivity contribution >= 4 is 16.7 Å². The van der Waals surface area contributed by atoms with E-state index in [1.54, 1.807) is 12.4 Å². The molecule has 4 heterocycles. The summed E-state index contributed by atoms with van der Waals surface area (Å²) in [6.45, 7) is 2.47. The topological polar surface area (TPSA) is 101 Å². The standard InChI is InChI=1S/C21H22N6O2/c28-20(6-15-8-24-27(12-15)11-14-2-1-5-29-13-14)21-18-4-3-16(7-19(18)25-26-21)17-9-22-23-10-17/h3-4,7-10,12,14H,1-2,5-6,11,13H2,(H,22,23)(H,25,26). The van der Waals surface area contributed by atoms with E-state index in [0.717, 1.165) is 60.2 Å². The first-order chi connectivity index (χ1) is 14.3. The average molecular weight is 390 g/mol. The van der Waals surface area contributed by atoms with Gasteiger partial charge in [0.1, 0.15) is 5.69 Å². The zero-order valence-corrected chi connectivity index (χ0v) is 16.0. The number of carbonyl (C=O) groups is 1. The predicted octanol–water partition coefficient (Wildman–Crippen LogP) is 3.00. The molecule has 1 aliphatic rings. The Morgan fingerprint density at radius 3 is 3.07 bits per heavy atom. The van der Waals surface area contributed by atoms with Crippen LogP contribution in [0, 0.1) is 5.92 Å². The third-order valence-corrected chi connectivity index (χ3v) is 5.41. The molecule has 1 unspecified atom stereocenters. The van der Waals surface area contributed by atoms with Gasteiger partial charge in [0, 0.05) is 48.8 Å². The Bertz CT molecular complexity index is 1120. The lowest BCUT2D eigenvalue weighted by molar-refractivity contribution is 0.0470. The van der Waals surface area contributed by atoms with Crippen LogP contribution in [0.5, 0.6) is 0 Å². The first-order valence-electron chi connectivity index (χ1n) is 9.86. The quantitative estimate of drug-likeness (QED) is 0.493. The van der Waals surface area contributed by atoms with Crippen LogP contribution in [0.4, 0.5) is 0 Å². The molecule has 1 atom stereocenters. The molecular weight excluding hydrogens is 368 g/mol. The molecule has 3 aromatic heterocycles. The normalized spacial score (nSPS) is 17.0. The van der Waals surface area contributed by atoms with Crippen LogP contribution in [0.1, 0.15) is 28.9 Å². The number of hydrogen-bond donors (Lipinski definition) is 2. The second kappa shape index (κ2) is 7.63. The summed E-state index contributed by atoms with van der Waals surface area (Å²) in [5, 5.41) is 19.3. The van der Waals surface area contributed by atoms with Gasteiger partial charge in [0.15, 0.2) is 5.78 Å². The number of carbonyl (C=O) groups excluding carboxylic acids is 1. The molecular formula is C21H22N6O2. The van der Waals surface area contributed by atoms with Crippen LogP contribution in [-0.2, 0) is 17.7 Å². The molecule has 29 heavy (non-hydrogen) atoms. The van der Waals surface area contributed by atoms with Gasteiger partial charge in [-0.25, -0.2) is 0 Å². The fourth-order valence-corrected chi connectivity index (χ4v) is 3.90. The maximum absolute atomic E-state index is 12.8. The van der Waals surface area contributed by atoms with E-state index in [0.29, 0.717) is 11.6 Å². The maximum Gasteiger partial charge on any atom is 0.188 e. The van der Waals surface area contributed by atoms with Gasteiger partial charge in [0.2, 0.25) is 0 Å². The van der Waals surface area contributed by atoms with Crippen LogP contribution in [0.25, 0.3) is 22.0 Å². The summed E-state index contributed by atoms with van der Waals surface area (Å²) in [6, 6.07) is 5.89. The zero-order chi connectivity index (χ0) is 19.6. The lowest BCUT2D eigenvalue weighted by Crippen LogP contribution is -2.22. The highest BCUT2D eigenvalue weighted by Crippen LogP contribution is 2.25. The molecule has 0 spiro atoms. The first-order valence-corrected chi connectivity index (χ1v) is 9.86. The molecule has 0 amide bonds. The van der Waals surface area contributed by atoms with E-state index in [2.05, 4.69) is 25.5 Å². The van der Waals surface area contributed by atoms with Gasteiger partial charge >= 0.3 is 0 Å². The van der Waals surface area contributed by atoms with Gasteiger partial charge in [-0.1, -0.05) is 6.07 Å². The highest BCUT2D eigenvalue weighted by atomic mass is 16.5. The highest BCUT2D eigenvalue weighted by Gasteiger charge is 2.18. The Labute approximate surface area is 167 Å². The lowest BCUT2D eigenvalue weighted by atomic mass is 10.0. The average Bonchev–Trinajstić information content (AvgIpc) is 3.49. The van der Waals surface area contributed by atoms with Crippen molar-refractivity contribution in [2.75, 3.05) is 13.2 Å². The summed E-state index contributed by atoms with van der Waals surface area (Å²) < 4.78 is 7.45. The van der Waals surface area contributed by atoms with Crippen molar-refractivity contribution < 1.29 is 9.53 Å². The number of hydrogen-bond acceptors (Lipinski definition) is 5. The number of Topliss-reactive ketones (excluding diaryl/α,β-unsaturated/α-hetero) is 1. The van der Waals surface area contributed by atoms with Gasteiger partial charge in [0.25, 0.3) is 0 Å². The molecule has 1 fully saturated rings. The Morgan fingerprint density at radius 1 is 1.28 bits per heavy atom. The minimum atomic E-state index is -0.0205. The molecule has 5 rings (SSSR count). The third kappa shape index (κ3) is 3.71. The van der Waals surface area contributed by atoms with Crippen LogP contribution in [0.2, 0.25) is 0 Å². The van der Waals surface area contributed by atoms with Crippen molar-refractivity contribution in [3.05, 3.63) is 54.2 Å². The van der Waals surface area contributed by atoms with Crippen LogP contribution >= 0.6 is 0 Å². The van der Waals surface area contributed by atoms with Crippen molar-refractivity contribution in [1.82, 2.24) is 30.2 Å². The first kappa shape index (κ1) is 17.8. The van der Waals surface area contributed by atoms with Gasteiger partial charge in [-0.3, -0.25) is 19.7 Å². The number of benzene rings is 1. The molecule has 0 saturated carbocycles. The molecule has 148 valence electrons. The number of rotatable bonds is 6. The second-order valence-corrected chi connectivity index (χ2v) is 7.57. The van der Waals surface area contributed by atoms with Gasteiger partial charge in [-0.15, -0.1) is 0 Å². The molecule has 4 aromatic rings. The van der Waals surface area contributed by atoms with Gasteiger partial charge in [0.05, 0.1) is 24.5 Å². The van der Waals surface area contributed by atoms with Crippen molar-refractivity contribution in [2.24, 2.45) is 5.92 Å². The molecule has 0 aliphatic carbocycles. The second-order valence-electron chi connectivity index (χ2n) is 7.57. The van der Waals surface area contributed by atoms with Crippen molar-refractivity contribution in [1.29, 1.82) is 0 Å². The molecule has 0 bridgehead atoms. The van der Waals surface area contributed by atoms with E-state index in [9.17, 15) is 4.79 Å². The summed E-state index contributed by atoms with van der Waals surface area (Å²) in [4.78, 5) is 12.8. The summed E-state index contributed by atoms with van der Waals surface area (Å²) in [6.07, 6.45) is 9.87. The Balaban J connectivity index is 1.30. The Morgan fingerprint density at radius 2 is 2.24 bits per heavy atom. The number of H-pyrrole nitrogens is 2. The number of aromatic nitrogens is 6. The van der Waals surface area contributed by atoms with Crippen molar-refractivity contribution in [3.63, 3.8) is 0 Å². The molecule has 1 saturated heterocycles. The van der Waals surface area contributed by atoms with Crippen LogP contribution in [-0.4, -0.2) is 49.2 Å². The van der Waals surface area contributed by atoms with Crippen molar-refractivity contribution in [2.45, 2.75) is 25.8 Å². The Kier molecular flexibility index (Phi) is 4.69. The number of ether oxygens (including phenoxy) is 1. The molecule has 2 N–H and O–H groups in total. The van der Waals surface area contributed by atoms with E-state index < -0.39 is 0 Å². The van der Waals surface area contributed by atoms with E-state index in [1.807, 2.05) is 35.3 Å². The number of ketones is 1. The van der Waals surface area contributed by atoms with Gasteiger partial charge in [-0.2, -0.15) is 15.3 Å². The fraction of sp³-hybridized carbons (Fsp3) is 0.333. The highest BCUT2D eigenvalue weighted by molar-refractivity contribution is 6.07. The minimum absolute atomic E-state index is 0.0205. The fourth-order valence-electron chi connectivity index (χ4n) is 3.90. The van der Waals surface area contributed by atoms with Gasteiger partial charge < -0.3 is 4.74 Å². The van der Waals surface area contributed by atoms with Crippen LogP contribution in [0.3, 0.4) is 0 Å². The van der Waals surface area contributed by atoms with E-state index in [1.165, 1.54) is 0 Å². The van der Waals surface area contributed by atoms with Gasteiger partial charge in [-0.05, 0) is 36.1 Å². The number of nitrogens with zero attached hydrogens (tertiary/aromatic N) is 4. The molecule has 1 aliphatic heterocycles. The number of nitrogens with one attached hydrogen (secondary N) is 2. The van der Waals surface area contributed by atoms with E-state index >= 15 is 0 Å². The smallest absolute Gasteiger partial charge is 0.188 e.